The zero-order chi connectivity index (χ0) is 15.9. The zero-order valence-electron chi connectivity index (χ0n) is 13.8. The second-order valence-corrected chi connectivity index (χ2v) is 7.30. The summed E-state index contributed by atoms with van der Waals surface area (Å²) < 4.78 is 2.04. The molecule has 0 saturated carbocycles. The van der Waals surface area contributed by atoms with Crippen LogP contribution in [0.5, 0.6) is 0 Å². The van der Waals surface area contributed by atoms with Gasteiger partial charge in [0.15, 0.2) is 0 Å². The summed E-state index contributed by atoms with van der Waals surface area (Å²) in [5.74, 6) is 0.241. The Hall–Kier alpha value is -1.91. The van der Waals surface area contributed by atoms with Gasteiger partial charge in [-0.2, -0.15) is 0 Å². The van der Waals surface area contributed by atoms with Crippen molar-refractivity contribution in [3.63, 3.8) is 0 Å². The predicted octanol–water partition coefficient (Wildman–Crippen LogP) is 2.95. The molecule has 5 nitrogen and oxygen atoms in total. The number of carbonyl (C=O) groups excluding carboxylic acids is 1. The number of hydrogen-bond acceptors (Lipinski definition) is 3. The maximum atomic E-state index is 12.4. The van der Waals surface area contributed by atoms with Crippen LogP contribution >= 0.6 is 0 Å². The molecule has 5 heteroatoms. The lowest BCUT2D eigenvalue weighted by Gasteiger charge is -2.35. The van der Waals surface area contributed by atoms with Crippen molar-refractivity contribution >= 4 is 16.9 Å². The molecule has 1 aliphatic heterocycles. The average Bonchev–Trinajstić information content (AvgIpc) is 2.88. The van der Waals surface area contributed by atoms with Gasteiger partial charge in [-0.05, 0) is 37.5 Å². The molecule has 118 valence electrons. The molecule has 1 amide bonds. The molecule has 1 fully saturated rings. The number of amides is 1. The first-order chi connectivity index (χ1) is 10.4. The molecule has 0 bridgehead atoms. The van der Waals surface area contributed by atoms with E-state index in [1.54, 1.807) is 0 Å². The second kappa shape index (κ2) is 5.38. The Morgan fingerprint density at radius 1 is 1.23 bits per heavy atom. The molecule has 2 aromatic rings. The summed E-state index contributed by atoms with van der Waals surface area (Å²) in [5, 5.41) is 8.62. The number of rotatable bonds is 1. The van der Waals surface area contributed by atoms with E-state index in [9.17, 15) is 4.79 Å². The molecule has 3 rings (SSSR count). The van der Waals surface area contributed by atoms with Crippen LogP contribution in [0.3, 0.4) is 0 Å². The Morgan fingerprint density at radius 3 is 2.55 bits per heavy atom. The van der Waals surface area contributed by atoms with E-state index in [-0.39, 0.29) is 11.3 Å². The first-order valence-corrected chi connectivity index (χ1v) is 7.97. The van der Waals surface area contributed by atoms with Crippen LogP contribution in [0, 0.1) is 12.3 Å². The fourth-order valence-corrected chi connectivity index (χ4v) is 3.11. The van der Waals surface area contributed by atoms with Gasteiger partial charge in [0, 0.05) is 18.5 Å². The summed E-state index contributed by atoms with van der Waals surface area (Å²) in [6.07, 6.45) is 1.88. The summed E-state index contributed by atoms with van der Waals surface area (Å²) in [6.45, 7) is 9.61. The molecule has 0 atom stereocenters. The molecular weight excluding hydrogens is 276 g/mol. The van der Waals surface area contributed by atoms with Crippen molar-refractivity contribution in [3.05, 3.63) is 23.8 Å². The SMILES string of the molecule is Cc1ccc2c(c1)nnn2C1CCN(C(=O)C(C)(C)C)CC1. The largest absolute Gasteiger partial charge is 0.342 e. The highest BCUT2D eigenvalue weighted by atomic mass is 16.2. The van der Waals surface area contributed by atoms with Crippen LogP contribution in [-0.2, 0) is 4.79 Å². The molecule has 22 heavy (non-hydrogen) atoms. The highest BCUT2D eigenvalue weighted by molar-refractivity contribution is 5.81. The molecule has 2 heterocycles. The number of aromatic nitrogens is 3. The summed E-state index contributed by atoms with van der Waals surface area (Å²) in [5.41, 5.74) is 2.94. The quantitative estimate of drug-likeness (QED) is 0.813. The Labute approximate surface area is 131 Å². The maximum absolute atomic E-state index is 12.4. The van der Waals surface area contributed by atoms with E-state index in [0.29, 0.717) is 6.04 Å². The van der Waals surface area contributed by atoms with Gasteiger partial charge in [0.1, 0.15) is 5.52 Å². The topological polar surface area (TPSA) is 51.0 Å². The standard InChI is InChI=1S/C17H24N4O/c1-12-5-6-15-14(11-12)18-19-21(15)13-7-9-20(10-8-13)16(22)17(2,3)4/h5-6,11,13H,7-10H2,1-4H3. The maximum Gasteiger partial charge on any atom is 0.227 e. The Kier molecular flexibility index (Phi) is 3.67. The van der Waals surface area contributed by atoms with E-state index in [1.807, 2.05) is 30.4 Å². The minimum absolute atomic E-state index is 0.241. The summed E-state index contributed by atoms with van der Waals surface area (Å²) in [4.78, 5) is 14.3. The van der Waals surface area contributed by atoms with Crippen molar-refractivity contribution in [1.29, 1.82) is 0 Å². The predicted molar refractivity (Wildman–Crippen MR) is 86.6 cm³/mol. The molecule has 0 radical (unpaired) electrons. The smallest absolute Gasteiger partial charge is 0.227 e. The normalized spacial score (nSPS) is 17.2. The first kappa shape index (κ1) is 15.0. The van der Waals surface area contributed by atoms with Gasteiger partial charge in [-0.1, -0.05) is 32.1 Å². The molecule has 0 unspecified atom stereocenters. The molecule has 1 aromatic heterocycles. The van der Waals surface area contributed by atoms with Crippen LogP contribution in [0.25, 0.3) is 11.0 Å². The molecule has 0 aliphatic carbocycles. The third-order valence-corrected chi connectivity index (χ3v) is 4.37. The number of aryl methyl sites for hydroxylation is 1. The minimum atomic E-state index is -0.301. The van der Waals surface area contributed by atoms with Crippen LogP contribution in [0.1, 0.15) is 45.2 Å². The highest BCUT2D eigenvalue weighted by Gasteiger charge is 2.31. The van der Waals surface area contributed by atoms with Crippen molar-refractivity contribution in [2.75, 3.05) is 13.1 Å². The number of piperidine rings is 1. The van der Waals surface area contributed by atoms with Crippen LogP contribution in [0.2, 0.25) is 0 Å². The van der Waals surface area contributed by atoms with Gasteiger partial charge in [-0.25, -0.2) is 4.68 Å². The number of fused-ring (bicyclic) bond motifs is 1. The van der Waals surface area contributed by atoms with E-state index in [1.165, 1.54) is 5.56 Å². The van der Waals surface area contributed by atoms with Crippen molar-refractivity contribution < 1.29 is 4.79 Å². The molecule has 0 N–H and O–H groups in total. The molecule has 1 saturated heterocycles. The lowest BCUT2D eigenvalue weighted by molar-refractivity contribution is -0.140. The zero-order valence-corrected chi connectivity index (χ0v) is 13.8. The summed E-state index contributed by atoms with van der Waals surface area (Å²) >= 11 is 0. The van der Waals surface area contributed by atoms with Gasteiger partial charge >= 0.3 is 0 Å². The van der Waals surface area contributed by atoms with Crippen molar-refractivity contribution in [1.82, 2.24) is 19.9 Å². The van der Waals surface area contributed by atoms with Crippen LogP contribution in [0.15, 0.2) is 18.2 Å². The summed E-state index contributed by atoms with van der Waals surface area (Å²) in [7, 11) is 0. The molecule has 1 aliphatic rings. The van der Waals surface area contributed by atoms with Gasteiger partial charge in [0.25, 0.3) is 0 Å². The van der Waals surface area contributed by atoms with Gasteiger partial charge in [-0.15, -0.1) is 5.10 Å². The van der Waals surface area contributed by atoms with Crippen molar-refractivity contribution in [2.45, 2.75) is 46.6 Å². The Morgan fingerprint density at radius 2 is 1.91 bits per heavy atom. The van der Waals surface area contributed by atoms with Gasteiger partial charge < -0.3 is 4.90 Å². The number of likely N-dealkylation sites (tertiary alicyclic amines) is 1. The lowest BCUT2D eigenvalue weighted by Crippen LogP contribution is -2.44. The highest BCUT2D eigenvalue weighted by Crippen LogP contribution is 2.28. The Balaban J connectivity index is 1.74. The number of hydrogen-bond donors (Lipinski definition) is 0. The lowest BCUT2D eigenvalue weighted by atomic mass is 9.93. The van der Waals surface area contributed by atoms with Gasteiger partial charge in [0.2, 0.25) is 5.91 Å². The van der Waals surface area contributed by atoms with E-state index in [4.69, 9.17) is 0 Å². The number of nitrogens with zero attached hydrogens (tertiary/aromatic N) is 4. The van der Waals surface area contributed by atoms with E-state index in [0.717, 1.165) is 37.0 Å². The van der Waals surface area contributed by atoms with Crippen molar-refractivity contribution in [2.24, 2.45) is 5.41 Å². The summed E-state index contributed by atoms with van der Waals surface area (Å²) in [6, 6.07) is 6.59. The Bertz CT molecular complexity index is 690. The van der Waals surface area contributed by atoms with E-state index in [2.05, 4.69) is 35.4 Å². The third kappa shape index (κ3) is 2.72. The minimum Gasteiger partial charge on any atom is -0.342 e. The first-order valence-electron chi connectivity index (χ1n) is 7.97. The molecule has 1 aromatic carbocycles. The van der Waals surface area contributed by atoms with Gasteiger partial charge in [-0.3, -0.25) is 4.79 Å². The fraction of sp³-hybridized carbons (Fsp3) is 0.588. The third-order valence-electron chi connectivity index (χ3n) is 4.37. The molecular formula is C17H24N4O. The monoisotopic (exact) mass is 300 g/mol. The van der Waals surface area contributed by atoms with E-state index >= 15 is 0 Å². The fourth-order valence-electron chi connectivity index (χ4n) is 3.11. The second-order valence-electron chi connectivity index (χ2n) is 7.30. The number of carbonyl (C=O) groups is 1. The van der Waals surface area contributed by atoms with Gasteiger partial charge in [0.05, 0.1) is 11.6 Å². The van der Waals surface area contributed by atoms with E-state index < -0.39 is 0 Å². The average molecular weight is 300 g/mol. The molecule has 0 spiro atoms. The number of benzene rings is 1. The van der Waals surface area contributed by atoms with Crippen LogP contribution < -0.4 is 0 Å². The van der Waals surface area contributed by atoms with Crippen molar-refractivity contribution in [3.8, 4) is 0 Å². The van der Waals surface area contributed by atoms with Crippen LogP contribution in [-0.4, -0.2) is 38.9 Å². The van der Waals surface area contributed by atoms with Crippen LogP contribution in [0.4, 0.5) is 0 Å².